The van der Waals surface area contributed by atoms with Crippen molar-refractivity contribution in [3.8, 4) is 0 Å². The maximum absolute atomic E-state index is 2.48. The average molecular weight is 203 g/mol. The van der Waals surface area contributed by atoms with E-state index in [1.54, 1.807) is 0 Å². The maximum atomic E-state index is 2.48. The molecule has 0 N–H and O–H groups in total. The van der Waals surface area contributed by atoms with Gasteiger partial charge in [-0.15, -0.1) is 0 Å². The third-order valence-corrected chi connectivity index (χ3v) is 3.54. The van der Waals surface area contributed by atoms with Gasteiger partial charge in [0.1, 0.15) is 0 Å². The molecular formula is C14H21N. The van der Waals surface area contributed by atoms with E-state index in [1.165, 1.54) is 37.9 Å². The minimum absolute atomic E-state index is 1.02. The van der Waals surface area contributed by atoms with Crippen LogP contribution in [-0.4, -0.2) is 13.1 Å². The summed E-state index contributed by atoms with van der Waals surface area (Å²) in [6, 6.07) is 10.8. The van der Waals surface area contributed by atoms with E-state index >= 15 is 0 Å². The second kappa shape index (κ2) is 5.20. The SMILES string of the molecule is CCN(CCC1CCC1)c1ccccc1. The lowest BCUT2D eigenvalue weighted by molar-refractivity contribution is 0.298. The van der Waals surface area contributed by atoms with Gasteiger partial charge in [0.15, 0.2) is 0 Å². The third-order valence-electron chi connectivity index (χ3n) is 3.54. The van der Waals surface area contributed by atoms with Crippen LogP contribution < -0.4 is 4.90 Å². The maximum Gasteiger partial charge on any atom is 0.0366 e. The Labute approximate surface area is 93.1 Å². The zero-order valence-electron chi connectivity index (χ0n) is 9.65. The highest BCUT2D eigenvalue weighted by Crippen LogP contribution is 2.30. The molecule has 1 saturated carbocycles. The molecule has 0 atom stereocenters. The summed E-state index contributed by atoms with van der Waals surface area (Å²) in [6.07, 6.45) is 5.77. The Morgan fingerprint density at radius 2 is 1.93 bits per heavy atom. The van der Waals surface area contributed by atoms with Crippen LogP contribution in [0.4, 0.5) is 5.69 Å². The first-order valence-corrected chi connectivity index (χ1v) is 6.20. The van der Waals surface area contributed by atoms with Crippen LogP contribution in [0.3, 0.4) is 0 Å². The molecule has 82 valence electrons. The number of para-hydroxylation sites is 1. The zero-order chi connectivity index (χ0) is 10.5. The number of rotatable bonds is 5. The fourth-order valence-electron chi connectivity index (χ4n) is 2.23. The number of hydrogen-bond acceptors (Lipinski definition) is 1. The second-order valence-corrected chi connectivity index (χ2v) is 4.50. The molecule has 15 heavy (non-hydrogen) atoms. The predicted octanol–water partition coefficient (Wildman–Crippen LogP) is 3.70. The Hall–Kier alpha value is -0.980. The minimum atomic E-state index is 1.02. The number of nitrogens with zero attached hydrogens (tertiary/aromatic N) is 1. The molecule has 0 spiro atoms. The molecule has 1 heteroatoms. The van der Waals surface area contributed by atoms with Crippen molar-refractivity contribution in [1.29, 1.82) is 0 Å². The Morgan fingerprint density at radius 3 is 2.47 bits per heavy atom. The van der Waals surface area contributed by atoms with Gasteiger partial charge < -0.3 is 4.90 Å². The summed E-state index contributed by atoms with van der Waals surface area (Å²) < 4.78 is 0. The quantitative estimate of drug-likeness (QED) is 0.705. The van der Waals surface area contributed by atoms with Crippen LogP contribution in [0.1, 0.15) is 32.6 Å². The zero-order valence-corrected chi connectivity index (χ0v) is 9.65. The lowest BCUT2D eigenvalue weighted by atomic mass is 9.83. The molecular weight excluding hydrogens is 182 g/mol. The Morgan fingerprint density at radius 1 is 1.20 bits per heavy atom. The second-order valence-electron chi connectivity index (χ2n) is 4.50. The molecule has 1 fully saturated rings. The largest absolute Gasteiger partial charge is 0.372 e. The lowest BCUT2D eigenvalue weighted by Gasteiger charge is -2.30. The first-order valence-electron chi connectivity index (χ1n) is 6.20. The van der Waals surface area contributed by atoms with Crippen molar-refractivity contribution < 1.29 is 0 Å². The average Bonchev–Trinajstić information content (AvgIpc) is 2.23. The Kier molecular flexibility index (Phi) is 3.65. The molecule has 0 saturated heterocycles. The van der Waals surface area contributed by atoms with Crippen molar-refractivity contribution in [1.82, 2.24) is 0 Å². The molecule has 0 aromatic heterocycles. The van der Waals surface area contributed by atoms with E-state index in [2.05, 4.69) is 42.2 Å². The van der Waals surface area contributed by atoms with E-state index in [1.807, 2.05) is 0 Å². The van der Waals surface area contributed by atoms with Gasteiger partial charge >= 0.3 is 0 Å². The molecule has 0 aliphatic heterocycles. The molecule has 0 radical (unpaired) electrons. The van der Waals surface area contributed by atoms with Crippen LogP contribution in [0, 0.1) is 5.92 Å². The third kappa shape index (κ3) is 2.74. The van der Waals surface area contributed by atoms with Crippen LogP contribution in [0.2, 0.25) is 0 Å². The monoisotopic (exact) mass is 203 g/mol. The van der Waals surface area contributed by atoms with Gasteiger partial charge in [-0.2, -0.15) is 0 Å². The highest BCUT2D eigenvalue weighted by atomic mass is 15.1. The normalized spacial score (nSPS) is 16.1. The molecule has 0 heterocycles. The molecule has 1 aromatic carbocycles. The number of anilines is 1. The molecule has 1 aliphatic rings. The highest BCUT2D eigenvalue weighted by molar-refractivity contribution is 5.45. The summed E-state index contributed by atoms with van der Waals surface area (Å²) in [5.41, 5.74) is 1.37. The van der Waals surface area contributed by atoms with Gasteiger partial charge in [-0.25, -0.2) is 0 Å². The van der Waals surface area contributed by atoms with Gasteiger partial charge in [-0.1, -0.05) is 37.5 Å². The van der Waals surface area contributed by atoms with Gasteiger partial charge in [0.25, 0.3) is 0 Å². The van der Waals surface area contributed by atoms with Gasteiger partial charge in [0.05, 0.1) is 0 Å². The molecule has 0 amide bonds. The van der Waals surface area contributed by atoms with E-state index in [0.717, 1.165) is 12.5 Å². The van der Waals surface area contributed by atoms with Crippen molar-refractivity contribution >= 4 is 5.69 Å². The van der Waals surface area contributed by atoms with Crippen LogP contribution in [0.25, 0.3) is 0 Å². The van der Waals surface area contributed by atoms with Crippen molar-refractivity contribution in [2.24, 2.45) is 5.92 Å². The topological polar surface area (TPSA) is 3.24 Å². The van der Waals surface area contributed by atoms with E-state index in [-0.39, 0.29) is 0 Å². The van der Waals surface area contributed by atoms with Gasteiger partial charge in [-0.05, 0) is 31.4 Å². The molecule has 1 aliphatic carbocycles. The van der Waals surface area contributed by atoms with E-state index < -0.39 is 0 Å². The van der Waals surface area contributed by atoms with Crippen LogP contribution in [0.5, 0.6) is 0 Å². The summed E-state index contributed by atoms with van der Waals surface area (Å²) in [5, 5.41) is 0. The summed E-state index contributed by atoms with van der Waals surface area (Å²) in [7, 11) is 0. The molecule has 2 rings (SSSR count). The van der Waals surface area contributed by atoms with Crippen molar-refractivity contribution in [3.05, 3.63) is 30.3 Å². The standard InChI is InChI=1S/C14H21N/c1-2-15(12-11-13-7-6-8-13)14-9-4-3-5-10-14/h3-5,9-10,13H,2,6-8,11-12H2,1H3. The van der Waals surface area contributed by atoms with E-state index in [9.17, 15) is 0 Å². The fraction of sp³-hybridized carbons (Fsp3) is 0.571. The first kappa shape index (κ1) is 10.5. The summed E-state index contributed by atoms with van der Waals surface area (Å²) >= 11 is 0. The molecule has 0 bridgehead atoms. The van der Waals surface area contributed by atoms with Crippen molar-refractivity contribution in [2.45, 2.75) is 32.6 Å². The molecule has 1 aromatic rings. The fourth-order valence-corrected chi connectivity index (χ4v) is 2.23. The lowest BCUT2D eigenvalue weighted by Crippen LogP contribution is -2.27. The van der Waals surface area contributed by atoms with Gasteiger partial charge in [-0.3, -0.25) is 0 Å². The smallest absolute Gasteiger partial charge is 0.0366 e. The van der Waals surface area contributed by atoms with Gasteiger partial charge in [0.2, 0.25) is 0 Å². The summed E-state index contributed by atoms with van der Waals surface area (Å²) in [4.78, 5) is 2.48. The van der Waals surface area contributed by atoms with Gasteiger partial charge in [0, 0.05) is 18.8 Å². The Bertz CT molecular complexity index is 277. The number of hydrogen-bond donors (Lipinski definition) is 0. The highest BCUT2D eigenvalue weighted by Gasteiger charge is 2.17. The summed E-state index contributed by atoms with van der Waals surface area (Å²) in [5.74, 6) is 1.02. The van der Waals surface area contributed by atoms with Crippen LogP contribution in [0.15, 0.2) is 30.3 Å². The van der Waals surface area contributed by atoms with Crippen LogP contribution in [-0.2, 0) is 0 Å². The van der Waals surface area contributed by atoms with Crippen molar-refractivity contribution in [2.75, 3.05) is 18.0 Å². The predicted molar refractivity (Wildman–Crippen MR) is 66.3 cm³/mol. The Balaban J connectivity index is 1.86. The molecule has 0 unspecified atom stereocenters. The minimum Gasteiger partial charge on any atom is -0.372 e. The van der Waals surface area contributed by atoms with E-state index in [0.29, 0.717) is 0 Å². The number of benzene rings is 1. The van der Waals surface area contributed by atoms with Crippen LogP contribution >= 0.6 is 0 Å². The summed E-state index contributed by atoms with van der Waals surface area (Å²) in [6.45, 7) is 4.59. The van der Waals surface area contributed by atoms with Crippen molar-refractivity contribution in [3.63, 3.8) is 0 Å². The first-order chi connectivity index (χ1) is 7.40. The van der Waals surface area contributed by atoms with E-state index in [4.69, 9.17) is 0 Å². The molecule has 1 nitrogen and oxygen atoms in total.